The Morgan fingerprint density at radius 3 is 2.94 bits per heavy atom. The molecule has 4 nitrogen and oxygen atoms in total. The highest BCUT2D eigenvalue weighted by molar-refractivity contribution is 5.98. The fraction of sp³-hybridized carbons (Fsp3) is 0.571. The molecule has 1 heterocycles. The molecule has 0 radical (unpaired) electrons. The van der Waals surface area contributed by atoms with Gasteiger partial charge in [-0.15, -0.1) is 0 Å². The van der Waals surface area contributed by atoms with Crippen molar-refractivity contribution < 1.29 is 0 Å². The SMILES string of the molecule is CC1CCCC(N(C)c2cccnc2C(=N)N)C1. The number of hydrogen-bond donors (Lipinski definition) is 2. The lowest BCUT2D eigenvalue weighted by atomic mass is 9.86. The molecule has 1 aromatic rings. The van der Waals surface area contributed by atoms with Crippen LogP contribution >= 0.6 is 0 Å². The van der Waals surface area contributed by atoms with Gasteiger partial charge in [0.25, 0.3) is 0 Å². The third kappa shape index (κ3) is 2.63. The summed E-state index contributed by atoms with van der Waals surface area (Å²) in [5.41, 5.74) is 7.17. The van der Waals surface area contributed by atoms with Crippen LogP contribution in [0.1, 0.15) is 38.3 Å². The Labute approximate surface area is 109 Å². The lowest BCUT2D eigenvalue weighted by Crippen LogP contribution is -2.37. The summed E-state index contributed by atoms with van der Waals surface area (Å²) >= 11 is 0. The fourth-order valence-corrected chi connectivity index (χ4v) is 2.84. The van der Waals surface area contributed by atoms with Crippen LogP contribution in [0.3, 0.4) is 0 Å². The van der Waals surface area contributed by atoms with Gasteiger partial charge >= 0.3 is 0 Å². The van der Waals surface area contributed by atoms with Gasteiger partial charge in [-0.25, -0.2) is 0 Å². The number of nitrogens with two attached hydrogens (primary N) is 1. The van der Waals surface area contributed by atoms with Gasteiger partial charge in [0, 0.05) is 19.3 Å². The van der Waals surface area contributed by atoms with Crippen LogP contribution in [0.5, 0.6) is 0 Å². The van der Waals surface area contributed by atoms with Crippen LogP contribution in [0, 0.1) is 11.3 Å². The molecule has 18 heavy (non-hydrogen) atoms. The summed E-state index contributed by atoms with van der Waals surface area (Å²) in [5.74, 6) is 0.824. The van der Waals surface area contributed by atoms with Gasteiger partial charge in [-0.2, -0.15) is 0 Å². The second-order valence-electron chi connectivity index (χ2n) is 5.32. The van der Waals surface area contributed by atoms with E-state index in [4.69, 9.17) is 11.1 Å². The molecule has 0 bridgehead atoms. The van der Waals surface area contributed by atoms with E-state index in [0.29, 0.717) is 11.7 Å². The smallest absolute Gasteiger partial charge is 0.143 e. The van der Waals surface area contributed by atoms with E-state index in [0.717, 1.165) is 11.6 Å². The standard InChI is InChI=1S/C14H22N4/c1-10-5-3-6-11(9-10)18(2)12-7-4-8-17-13(12)14(15)16/h4,7-8,10-11H,3,5-6,9H2,1-2H3,(H3,15,16). The van der Waals surface area contributed by atoms with Crippen LogP contribution in [0.2, 0.25) is 0 Å². The van der Waals surface area contributed by atoms with E-state index in [9.17, 15) is 0 Å². The average molecular weight is 246 g/mol. The van der Waals surface area contributed by atoms with E-state index in [2.05, 4.69) is 23.9 Å². The van der Waals surface area contributed by atoms with Gasteiger partial charge in [-0.1, -0.05) is 19.8 Å². The van der Waals surface area contributed by atoms with Crippen molar-refractivity contribution in [1.29, 1.82) is 5.41 Å². The Hall–Kier alpha value is -1.58. The third-order valence-electron chi connectivity index (χ3n) is 3.88. The van der Waals surface area contributed by atoms with E-state index in [-0.39, 0.29) is 5.84 Å². The van der Waals surface area contributed by atoms with Crippen molar-refractivity contribution in [2.24, 2.45) is 11.7 Å². The largest absolute Gasteiger partial charge is 0.382 e. The number of anilines is 1. The van der Waals surface area contributed by atoms with Crippen LogP contribution in [0.4, 0.5) is 5.69 Å². The third-order valence-corrected chi connectivity index (χ3v) is 3.88. The zero-order valence-electron chi connectivity index (χ0n) is 11.2. The molecule has 2 atom stereocenters. The highest BCUT2D eigenvalue weighted by atomic mass is 15.1. The van der Waals surface area contributed by atoms with Crippen molar-refractivity contribution in [3.63, 3.8) is 0 Å². The zero-order valence-corrected chi connectivity index (χ0v) is 11.2. The molecular formula is C14H22N4. The summed E-state index contributed by atoms with van der Waals surface area (Å²) in [4.78, 5) is 6.47. The first-order valence-electron chi connectivity index (χ1n) is 6.62. The summed E-state index contributed by atoms with van der Waals surface area (Å²) in [5, 5.41) is 7.61. The predicted octanol–water partition coefficient (Wildman–Crippen LogP) is 2.38. The number of nitrogens with one attached hydrogen (secondary N) is 1. The summed E-state index contributed by atoms with van der Waals surface area (Å²) < 4.78 is 0. The lowest BCUT2D eigenvalue weighted by molar-refractivity contribution is 0.336. The molecule has 1 aliphatic carbocycles. The van der Waals surface area contributed by atoms with Gasteiger partial charge in [-0.3, -0.25) is 10.4 Å². The van der Waals surface area contributed by atoms with Crippen molar-refractivity contribution in [2.75, 3.05) is 11.9 Å². The molecule has 0 saturated heterocycles. The molecular weight excluding hydrogens is 224 g/mol. The molecule has 0 aliphatic heterocycles. The molecule has 1 aliphatic rings. The quantitative estimate of drug-likeness (QED) is 0.635. The first-order chi connectivity index (χ1) is 8.59. The van der Waals surface area contributed by atoms with Gasteiger partial charge in [0.2, 0.25) is 0 Å². The van der Waals surface area contributed by atoms with E-state index < -0.39 is 0 Å². The first kappa shape index (κ1) is 12.9. The molecule has 0 amide bonds. The van der Waals surface area contributed by atoms with Gasteiger partial charge in [0.05, 0.1) is 5.69 Å². The number of hydrogen-bond acceptors (Lipinski definition) is 3. The fourth-order valence-electron chi connectivity index (χ4n) is 2.84. The monoisotopic (exact) mass is 246 g/mol. The van der Waals surface area contributed by atoms with Crippen LogP contribution in [0.25, 0.3) is 0 Å². The second kappa shape index (κ2) is 5.38. The average Bonchev–Trinajstić information content (AvgIpc) is 2.38. The number of rotatable bonds is 3. The van der Waals surface area contributed by atoms with E-state index in [1.54, 1.807) is 6.20 Å². The molecule has 3 N–H and O–H groups in total. The lowest BCUT2D eigenvalue weighted by Gasteiger charge is -2.36. The van der Waals surface area contributed by atoms with Gasteiger partial charge in [-0.05, 0) is 30.9 Å². The van der Waals surface area contributed by atoms with Crippen molar-refractivity contribution >= 4 is 11.5 Å². The van der Waals surface area contributed by atoms with Gasteiger partial charge in [0.15, 0.2) is 0 Å². The van der Waals surface area contributed by atoms with Crippen LogP contribution in [-0.4, -0.2) is 23.9 Å². The van der Waals surface area contributed by atoms with E-state index in [1.165, 1.54) is 25.7 Å². The van der Waals surface area contributed by atoms with E-state index >= 15 is 0 Å². The molecule has 0 aromatic carbocycles. The molecule has 0 spiro atoms. The van der Waals surface area contributed by atoms with Gasteiger partial charge < -0.3 is 10.6 Å². The Kier molecular flexibility index (Phi) is 3.84. The maximum Gasteiger partial charge on any atom is 0.143 e. The van der Waals surface area contributed by atoms with Gasteiger partial charge in [0.1, 0.15) is 11.5 Å². The predicted molar refractivity (Wildman–Crippen MR) is 75.1 cm³/mol. The Morgan fingerprint density at radius 2 is 2.28 bits per heavy atom. The molecule has 1 saturated carbocycles. The summed E-state index contributed by atoms with van der Waals surface area (Å²) in [7, 11) is 2.09. The summed E-state index contributed by atoms with van der Waals surface area (Å²) in [6.07, 6.45) is 6.73. The molecule has 1 aromatic heterocycles. The summed E-state index contributed by atoms with van der Waals surface area (Å²) in [6, 6.07) is 4.45. The maximum absolute atomic E-state index is 7.61. The van der Waals surface area contributed by atoms with E-state index in [1.807, 2.05) is 12.1 Å². The minimum Gasteiger partial charge on any atom is -0.382 e. The van der Waals surface area contributed by atoms with Crippen molar-refractivity contribution in [1.82, 2.24) is 4.98 Å². The Morgan fingerprint density at radius 1 is 1.50 bits per heavy atom. The van der Waals surface area contributed by atoms with Crippen LogP contribution in [0.15, 0.2) is 18.3 Å². The molecule has 4 heteroatoms. The highest BCUT2D eigenvalue weighted by Crippen LogP contribution is 2.30. The second-order valence-corrected chi connectivity index (χ2v) is 5.32. The maximum atomic E-state index is 7.61. The molecule has 2 unspecified atom stereocenters. The zero-order chi connectivity index (χ0) is 13.1. The van der Waals surface area contributed by atoms with Crippen molar-refractivity contribution in [2.45, 2.75) is 38.6 Å². The number of amidine groups is 1. The number of aromatic nitrogens is 1. The normalized spacial score (nSPS) is 23.7. The number of nitrogen functional groups attached to an aromatic ring is 1. The number of nitrogens with zero attached hydrogens (tertiary/aromatic N) is 2. The van der Waals surface area contributed by atoms with Crippen LogP contribution in [-0.2, 0) is 0 Å². The molecule has 1 fully saturated rings. The molecule has 98 valence electrons. The van der Waals surface area contributed by atoms with Crippen LogP contribution < -0.4 is 10.6 Å². The Balaban J connectivity index is 2.22. The first-order valence-corrected chi connectivity index (χ1v) is 6.62. The molecule has 2 rings (SSSR count). The highest BCUT2D eigenvalue weighted by Gasteiger charge is 2.24. The summed E-state index contributed by atoms with van der Waals surface area (Å²) in [6.45, 7) is 2.31. The topological polar surface area (TPSA) is 66.0 Å². The van der Waals surface area contributed by atoms with Crippen molar-refractivity contribution in [3.05, 3.63) is 24.0 Å². The number of pyridine rings is 1. The Bertz CT molecular complexity index is 430. The minimum atomic E-state index is 0.0429. The minimum absolute atomic E-state index is 0.0429. The van der Waals surface area contributed by atoms with Crippen molar-refractivity contribution in [3.8, 4) is 0 Å².